The second-order valence-corrected chi connectivity index (χ2v) is 5.54. The van der Waals surface area contributed by atoms with Gasteiger partial charge < -0.3 is 10.2 Å². The second-order valence-electron chi connectivity index (χ2n) is 5.54. The van der Waals surface area contributed by atoms with Crippen LogP contribution < -0.4 is 5.32 Å². The molecule has 122 valence electrons. The zero-order valence-electron chi connectivity index (χ0n) is 13.5. The van der Waals surface area contributed by atoms with Gasteiger partial charge in [-0.1, -0.05) is 18.2 Å². The molecule has 0 unspecified atom stereocenters. The highest BCUT2D eigenvalue weighted by Crippen LogP contribution is 2.17. The smallest absolute Gasteiger partial charge is 0.317 e. The van der Waals surface area contributed by atoms with E-state index in [0.717, 1.165) is 24.0 Å². The van der Waals surface area contributed by atoms with E-state index in [2.05, 4.69) is 10.3 Å². The predicted molar refractivity (Wildman–Crippen MR) is 88.5 cm³/mol. The first-order chi connectivity index (χ1) is 11.1. The molecule has 1 atom stereocenters. The molecular formula is C18H22FN3O. The summed E-state index contributed by atoms with van der Waals surface area (Å²) < 4.78 is 13.1. The number of amides is 2. The molecular weight excluding hydrogens is 293 g/mol. The van der Waals surface area contributed by atoms with E-state index in [4.69, 9.17) is 0 Å². The van der Waals surface area contributed by atoms with Crippen molar-refractivity contribution in [2.75, 3.05) is 13.6 Å². The summed E-state index contributed by atoms with van der Waals surface area (Å²) in [5, 5.41) is 2.89. The maximum Gasteiger partial charge on any atom is 0.317 e. The van der Waals surface area contributed by atoms with Gasteiger partial charge in [0.05, 0.1) is 6.04 Å². The Bertz CT molecular complexity index is 633. The average molecular weight is 315 g/mol. The molecule has 0 bridgehead atoms. The molecule has 0 radical (unpaired) electrons. The standard InChI is InChI=1S/C18H22FN3O/c1-14(16-8-5-10-20-13-16)22(2)18(23)21-11-4-7-15-6-3-9-17(19)12-15/h3,5-6,8-10,12-14H,4,7,11H2,1-2H3,(H,21,23)/t14-/m0/s1. The molecule has 1 heterocycles. The summed E-state index contributed by atoms with van der Waals surface area (Å²) in [6.45, 7) is 2.52. The normalized spacial score (nSPS) is 11.8. The summed E-state index contributed by atoms with van der Waals surface area (Å²) in [6.07, 6.45) is 4.98. The number of nitrogens with one attached hydrogen (secondary N) is 1. The van der Waals surface area contributed by atoms with Gasteiger partial charge in [0.1, 0.15) is 5.82 Å². The summed E-state index contributed by atoms with van der Waals surface area (Å²) in [4.78, 5) is 17.9. The molecule has 2 rings (SSSR count). The number of aryl methyl sites for hydroxylation is 1. The topological polar surface area (TPSA) is 45.2 Å². The number of pyridine rings is 1. The minimum Gasteiger partial charge on any atom is -0.338 e. The van der Waals surface area contributed by atoms with Crippen molar-refractivity contribution in [3.8, 4) is 0 Å². The highest BCUT2D eigenvalue weighted by atomic mass is 19.1. The molecule has 0 aliphatic carbocycles. The van der Waals surface area contributed by atoms with Gasteiger partial charge in [0.2, 0.25) is 0 Å². The summed E-state index contributed by atoms with van der Waals surface area (Å²) in [6, 6.07) is 10.2. The number of rotatable bonds is 6. The Morgan fingerprint density at radius 1 is 1.35 bits per heavy atom. The van der Waals surface area contributed by atoms with Crippen molar-refractivity contribution in [3.05, 3.63) is 65.7 Å². The lowest BCUT2D eigenvalue weighted by Crippen LogP contribution is -2.39. The molecule has 1 aromatic heterocycles. The monoisotopic (exact) mass is 315 g/mol. The second kappa shape index (κ2) is 8.27. The van der Waals surface area contributed by atoms with E-state index in [1.54, 1.807) is 30.4 Å². The van der Waals surface area contributed by atoms with Crippen LogP contribution in [0.4, 0.5) is 9.18 Å². The highest BCUT2D eigenvalue weighted by Gasteiger charge is 2.16. The molecule has 0 saturated heterocycles. The number of hydrogen-bond acceptors (Lipinski definition) is 2. The van der Waals surface area contributed by atoms with Gasteiger partial charge in [0, 0.05) is 26.0 Å². The van der Waals surface area contributed by atoms with Crippen LogP contribution in [0.25, 0.3) is 0 Å². The molecule has 2 amide bonds. The molecule has 2 aromatic rings. The van der Waals surface area contributed by atoms with Crippen LogP contribution in [-0.4, -0.2) is 29.5 Å². The number of halogens is 1. The van der Waals surface area contributed by atoms with Crippen molar-refractivity contribution >= 4 is 6.03 Å². The Morgan fingerprint density at radius 3 is 2.87 bits per heavy atom. The minimum absolute atomic E-state index is 0.0491. The maximum absolute atomic E-state index is 13.1. The van der Waals surface area contributed by atoms with Crippen molar-refractivity contribution in [2.24, 2.45) is 0 Å². The third-order valence-corrected chi connectivity index (χ3v) is 3.88. The van der Waals surface area contributed by atoms with Crippen LogP contribution in [-0.2, 0) is 6.42 Å². The molecule has 0 saturated carbocycles. The Hall–Kier alpha value is -2.43. The van der Waals surface area contributed by atoms with Gasteiger partial charge >= 0.3 is 6.03 Å². The van der Waals surface area contributed by atoms with Gasteiger partial charge in [-0.3, -0.25) is 4.98 Å². The SMILES string of the molecule is C[C@@H](c1cccnc1)N(C)C(=O)NCCCc1cccc(F)c1. The van der Waals surface area contributed by atoms with E-state index in [9.17, 15) is 9.18 Å². The molecule has 5 heteroatoms. The molecule has 0 fully saturated rings. The number of aromatic nitrogens is 1. The van der Waals surface area contributed by atoms with E-state index in [1.165, 1.54) is 12.1 Å². The van der Waals surface area contributed by atoms with Gasteiger partial charge in [-0.25, -0.2) is 9.18 Å². The van der Waals surface area contributed by atoms with Crippen molar-refractivity contribution < 1.29 is 9.18 Å². The fraction of sp³-hybridized carbons (Fsp3) is 0.333. The van der Waals surface area contributed by atoms with E-state index < -0.39 is 0 Å². The summed E-state index contributed by atoms with van der Waals surface area (Å²) in [7, 11) is 1.76. The summed E-state index contributed by atoms with van der Waals surface area (Å²) >= 11 is 0. The predicted octanol–water partition coefficient (Wildman–Crippen LogP) is 3.56. The number of hydrogen-bond donors (Lipinski definition) is 1. The van der Waals surface area contributed by atoms with Crippen LogP contribution in [0.3, 0.4) is 0 Å². The van der Waals surface area contributed by atoms with Gasteiger partial charge in [0.25, 0.3) is 0 Å². The van der Waals surface area contributed by atoms with Crippen LogP contribution >= 0.6 is 0 Å². The van der Waals surface area contributed by atoms with Crippen LogP contribution in [0.15, 0.2) is 48.8 Å². The molecule has 23 heavy (non-hydrogen) atoms. The third-order valence-electron chi connectivity index (χ3n) is 3.88. The largest absolute Gasteiger partial charge is 0.338 e. The average Bonchev–Trinajstić information content (AvgIpc) is 2.58. The molecule has 4 nitrogen and oxygen atoms in total. The van der Waals surface area contributed by atoms with E-state index in [0.29, 0.717) is 6.54 Å². The van der Waals surface area contributed by atoms with Crippen LogP contribution in [0.2, 0.25) is 0 Å². The van der Waals surface area contributed by atoms with Crippen LogP contribution in [0.1, 0.15) is 30.5 Å². The van der Waals surface area contributed by atoms with E-state index in [1.807, 2.05) is 25.1 Å². The Kier molecular flexibility index (Phi) is 6.09. The number of carbonyl (C=O) groups excluding carboxylic acids is 1. The van der Waals surface area contributed by atoms with E-state index in [-0.39, 0.29) is 17.9 Å². The van der Waals surface area contributed by atoms with Crippen LogP contribution in [0, 0.1) is 5.82 Å². The Labute approximate surface area is 136 Å². The highest BCUT2D eigenvalue weighted by molar-refractivity contribution is 5.74. The lowest BCUT2D eigenvalue weighted by atomic mass is 10.1. The van der Waals surface area contributed by atoms with Crippen molar-refractivity contribution in [3.63, 3.8) is 0 Å². The number of urea groups is 1. The van der Waals surface area contributed by atoms with Gasteiger partial charge in [-0.05, 0) is 49.1 Å². The summed E-state index contributed by atoms with van der Waals surface area (Å²) in [5.41, 5.74) is 1.93. The van der Waals surface area contributed by atoms with Crippen LogP contribution in [0.5, 0.6) is 0 Å². The number of nitrogens with zero attached hydrogens (tertiary/aromatic N) is 2. The van der Waals surface area contributed by atoms with E-state index >= 15 is 0 Å². The van der Waals surface area contributed by atoms with Gasteiger partial charge in [-0.2, -0.15) is 0 Å². The van der Waals surface area contributed by atoms with Crippen molar-refractivity contribution in [1.29, 1.82) is 0 Å². The molecule has 0 aliphatic heterocycles. The third kappa shape index (κ3) is 5.06. The summed E-state index contributed by atoms with van der Waals surface area (Å²) in [5.74, 6) is -0.225. The first kappa shape index (κ1) is 16.9. The molecule has 1 N–H and O–H groups in total. The number of benzene rings is 1. The fourth-order valence-corrected chi connectivity index (χ4v) is 2.33. The van der Waals surface area contributed by atoms with Gasteiger partial charge in [0.15, 0.2) is 0 Å². The zero-order chi connectivity index (χ0) is 16.7. The lowest BCUT2D eigenvalue weighted by Gasteiger charge is -2.25. The molecule has 0 aliphatic rings. The number of carbonyl (C=O) groups is 1. The van der Waals surface area contributed by atoms with Crippen molar-refractivity contribution in [1.82, 2.24) is 15.2 Å². The first-order valence-corrected chi connectivity index (χ1v) is 7.73. The minimum atomic E-state index is -0.225. The molecule has 0 spiro atoms. The molecule has 1 aromatic carbocycles. The Balaban J connectivity index is 1.76. The fourth-order valence-electron chi connectivity index (χ4n) is 2.33. The van der Waals surface area contributed by atoms with Crippen molar-refractivity contribution in [2.45, 2.75) is 25.8 Å². The maximum atomic E-state index is 13.1. The lowest BCUT2D eigenvalue weighted by molar-refractivity contribution is 0.194. The quantitative estimate of drug-likeness (QED) is 0.829. The van der Waals surface area contributed by atoms with Gasteiger partial charge in [-0.15, -0.1) is 0 Å². The Morgan fingerprint density at radius 2 is 2.17 bits per heavy atom. The first-order valence-electron chi connectivity index (χ1n) is 7.73. The zero-order valence-corrected chi connectivity index (χ0v) is 13.5.